The highest BCUT2D eigenvalue weighted by atomic mass is 16.5. The van der Waals surface area contributed by atoms with Gasteiger partial charge >= 0.3 is 0 Å². The summed E-state index contributed by atoms with van der Waals surface area (Å²) in [6.07, 6.45) is 1.78. The van der Waals surface area contributed by atoms with Crippen molar-refractivity contribution in [3.63, 3.8) is 0 Å². The first-order valence-electron chi connectivity index (χ1n) is 8.24. The number of aromatic nitrogens is 2. The Hall–Kier alpha value is -2.34. The van der Waals surface area contributed by atoms with E-state index in [1.165, 1.54) is 11.3 Å². The second kappa shape index (κ2) is 7.05. The Morgan fingerprint density at radius 3 is 2.75 bits per heavy atom. The van der Waals surface area contributed by atoms with E-state index in [-0.39, 0.29) is 5.91 Å². The van der Waals surface area contributed by atoms with E-state index in [4.69, 9.17) is 4.74 Å². The number of carbonyl (C=O) groups excluding carboxylic acids is 1. The lowest BCUT2D eigenvalue weighted by Gasteiger charge is -2.16. The van der Waals surface area contributed by atoms with Crippen molar-refractivity contribution in [2.75, 3.05) is 27.7 Å². The molecule has 24 heavy (non-hydrogen) atoms. The first-order chi connectivity index (χ1) is 11.6. The van der Waals surface area contributed by atoms with Crippen molar-refractivity contribution < 1.29 is 9.53 Å². The van der Waals surface area contributed by atoms with Gasteiger partial charge in [0.2, 0.25) is 0 Å². The zero-order valence-electron chi connectivity index (χ0n) is 14.5. The number of hydrogen-bond donors (Lipinski definition) is 1. The van der Waals surface area contributed by atoms with Gasteiger partial charge < -0.3 is 15.0 Å². The van der Waals surface area contributed by atoms with Crippen LogP contribution in [0.2, 0.25) is 0 Å². The molecule has 1 aromatic heterocycles. The van der Waals surface area contributed by atoms with Gasteiger partial charge in [-0.15, -0.1) is 0 Å². The average Bonchev–Trinajstić information content (AvgIpc) is 2.98. The zero-order chi connectivity index (χ0) is 17.1. The maximum atomic E-state index is 12.4. The lowest BCUT2D eigenvalue weighted by atomic mass is 10.1. The highest BCUT2D eigenvalue weighted by molar-refractivity contribution is 5.93. The molecule has 0 bridgehead atoms. The fraction of sp³-hybridized carbons (Fsp3) is 0.444. The van der Waals surface area contributed by atoms with Crippen molar-refractivity contribution >= 4 is 5.91 Å². The van der Waals surface area contributed by atoms with Gasteiger partial charge in [0.05, 0.1) is 7.11 Å². The van der Waals surface area contributed by atoms with Crippen LogP contribution in [0.4, 0.5) is 0 Å². The van der Waals surface area contributed by atoms with Crippen LogP contribution in [0, 0.1) is 0 Å². The maximum absolute atomic E-state index is 12.4. The smallest absolute Gasteiger partial charge is 0.274 e. The van der Waals surface area contributed by atoms with Gasteiger partial charge in [-0.3, -0.25) is 9.48 Å². The van der Waals surface area contributed by atoms with Crippen LogP contribution in [-0.2, 0) is 25.9 Å². The van der Waals surface area contributed by atoms with Crippen molar-refractivity contribution in [2.45, 2.75) is 25.9 Å². The van der Waals surface area contributed by atoms with Crippen LogP contribution in [0.25, 0.3) is 0 Å². The molecule has 1 N–H and O–H groups in total. The number of rotatable bonds is 5. The molecular formula is C18H24N4O2. The lowest BCUT2D eigenvalue weighted by molar-refractivity contribution is 0.0819. The van der Waals surface area contributed by atoms with Crippen molar-refractivity contribution in [2.24, 2.45) is 0 Å². The maximum Gasteiger partial charge on any atom is 0.274 e. The minimum atomic E-state index is -0.0295. The Balaban J connectivity index is 1.81. The molecule has 2 aromatic rings. The Morgan fingerprint density at radius 2 is 2.08 bits per heavy atom. The third kappa shape index (κ3) is 3.28. The highest BCUT2D eigenvalue weighted by Gasteiger charge is 2.25. The van der Waals surface area contributed by atoms with E-state index in [1.54, 1.807) is 26.1 Å². The van der Waals surface area contributed by atoms with Gasteiger partial charge in [-0.25, -0.2) is 0 Å². The predicted octanol–water partition coefficient (Wildman–Crippen LogP) is 1.48. The molecule has 0 saturated carbocycles. The van der Waals surface area contributed by atoms with Gasteiger partial charge in [-0.2, -0.15) is 5.10 Å². The first-order valence-corrected chi connectivity index (χ1v) is 8.24. The van der Waals surface area contributed by atoms with E-state index in [0.29, 0.717) is 12.2 Å². The highest BCUT2D eigenvalue weighted by Crippen LogP contribution is 2.20. The molecule has 128 valence electrons. The zero-order valence-corrected chi connectivity index (χ0v) is 14.5. The fourth-order valence-corrected chi connectivity index (χ4v) is 3.02. The Bertz CT molecular complexity index is 719. The molecule has 0 radical (unpaired) electrons. The van der Waals surface area contributed by atoms with Crippen LogP contribution in [0.5, 0.6) is 5.75 Å². The van der Waals surface area contributed by atoms with E-state index in [0.717, 1.165) is 37.2 Å². The SMILES string of the molecule is COc1ccc(CCn2nc(C(=O)N(C)C)c3c2CCNC3)cc1. The number of methoxy groups -OCH3 is 1. The predicted molar refractivity (Wildman–Crippen MR) is 92.4 cm³/mol. The number of nitrogens with zero attached hydrogens (tertiary/aromatic N) is 3. The van der Waals surface area contributed by atoms with Crippen LogP contribution >= 0.6 is 0 Å². The molecule has 0 atom stereocenters. The second-order valence-electron chi connectivity index (χ2n) is 6.22. The Kier molecular flexibility index (Phi) is 4.85. The number of ether oxygens (including phenoxy) is 1. The molecule has 6 nitrogen and oxygen atoms in total. The molecule has 1 aromatic carbocycles. The molecule has 1 amide bonds. The topological polar surface area (TPSA) is 59.4 Å². The molecular weight excluding hydrogens is 304 g/mol. The minimum absolute atomic E-state index is 0.0295. The van der Waals surface area contributed by atoms with Gasteiger partial charge in [-0.1, -0.05) is 12.1 Å². The molecule has 3 rings (SSSR count). The number of aryl methyl sites for hydroxylation is 2. The number of fused-ring (bicyclic) bond motifs is 1. The van der Waals surface area contributed by atoms with Gasteiger partial charge in [0.15, 0.2) is 5.69 Å². The third-order valence-corrected chi connectivity index (χ3v) is 4.39. The molecule has 2 heterocycles. The standard InChI is InChI=1S/C18H24N4O2/c1-21(2)18(23)17-15-12-19-10-8-16(15)22(20-17)11-9-13-4-6-14(24-3)7-5-13/h4-7,19H,8-12H2,1-3H3. The average molecular weight is 328 g/mol. The summed E-state index contributed by atoms with van der Waals surface area (Å²) in [4.78, 5) is 14.0. The molecule has 0 unspecified atom stereocenters. The van der Waals surface area contributed by atoms with Gasteiger partial charge in [-0.05, 0) is 24.1 Å². The summed E-state index contributed by atoms with van der Waals surface area (Å²) in [7, 11) is 5.20. The summed E-state index contributed by atoms with van der Waals surface area (Å²) in [5.74, 6) is 0.832. The Morgan fingerprint density at radius 1 is 1.33 bits per heavy atom. The van der Waals surface area contributed by atoms with Crippen molar-refractivity contribution in [1.29, 1.82) is 0 Å². The van der Waals surface area contributed by atoms with Crippen LogP contribution in [0.1, 0.15) is 27.3 Å². The monoisotopic (exact) mass is 328 g/mol. The number of amides is 1. The van der Waals surface area contributed by atoms with E-state index in [9.17, 15) is 4.79 Å². The van der Waals surface area contributed by atoms with Gasteiger partial charge in [0.1, 0.15) is 5.75 Å². The number of benzene rings is 1. The molecule has 0 saturated heterocycles. The lowest BCUT2D eigenvalue weighted by Crippen LogP contribution is -2.28. The molecule has 6 heteroatoms. The van der Waals surface area contributed by atoms with Crippen molar-refractivity contribution in [1.82, 2.24) is 20.0 Å². The van der Waals surface area contributed by atoms with Crippen LogP contribution in [0.15, 0.2) is 24.3 Å². The fourth-order valence-electron chi connectivity index (χ4n) is 3.02. The molecule has 0 fully saturated rings. The largest absolute Gasteiger partial charge is 0.497 e. The first kappa shape index (κ1) is 16.5. The second-order valence-corrected chi connectivity index (χ2v) is 6.22. The van der Waals surface area contributed by atoms with Crippen molar-refractivity contribution in [3.8, 4) is 5.75 Å². The number of hydrogen-bond acceptors (Lipinski definition) is 4. The molecule has 0 spiro atoms. The van der Waals surface area contributed by atoms with E-state index in [2.05, 4.69) is 22.5 Å². The van der Waals surface area contributed by atoms with E-state index < -0.39 is 0 Å². The summed E-state index contributed by atoms with van der Waals surface area (Å²) in [6.45, 7) is 2.42. The number of nitrogens with one attached hydrogen (secondary N) is 1. The normalized spacial score (nSPS) is 13.5. The Labute approximate surface area is 142 Å². The summed E-state index contributed by atoms with van der Waals surface area (Å²) < 4.78 is 7.20. The minimum Gasteiger partial charge on any atom is -0.497 e. The summed E-state index contributed by atoms with van der Waals surface area (Å²) in [5, 5.41) is 7.96. The summed E-state index contributed by atoms with van der Waals surface area (Å²) in [6, 6.07) is 8.09. The third-order valence-electron chi connectivity index (χ3n) is 4.39. The molecule has 0 aliphatic carbocycles. The number of carbonyl (C=O) groups is 1. The quantitative estimate of drug-likeness (QED) is 0.903. The summed E-state index contributed by atoms with van der Waals surface area (Å²) >= 11 is 0. The van der Waals surface area contributed by atoms with Crippen LogP contribution in [-0.4, -0.2) is 48.3 Å². The van der Waals surface area contributed by atoms with Crippen molar-refractivity contribution in [3.05, 3.63) is 46.8 Å². The van der Waals surface area contributed by atoms with E-state index in [1.807, 2.05) is 16.8 Å². The van der Waals surface area contributed by atoms with Gasteiger partial charge in [0, 0.05) is 51.4 Å². The van der Waals surface area contributed by atoms with E-state index >= 15 is 0 Å². The van der Waals surface area contributed by atoms with Gasteiger partial charge in [0.25, 0.3) is 5.91 Å². The molecule has 1 aliphatic heterocycles. The van der Waals surface area contributed by atoms with Crippen LogP contribution < -0.4 is 10.1 Å². The van der Waals surface area contributed by atoms with Crippen LogP contribution in [0.3, 0.4) is 0 Å². The summed E-state index contributed by atoms with van der Waals surface area (Å²) in [5.41, 5.74) is 4.05. The molecule has 1 aliphatic rings.